The number of halogens is 2. The highest BCUT2D eigenvalue weighted by Gasteiger charge is 2.11. The highest BCUT2D eigenvalue weighted by atomic mass is 79.9. The summed E-state index contributed by atoms with van der Waals surface area (Å²) in [5.41, 5.74) is 7.07. The summed E-state index contributed by atoms with van der Waals surface area (Å²) >= 11 is 3.27. The number of carbonyl (C=O) groups is 1. The molecule has 0 spiro atoms. The average Bonchev–Trinajstić information content (AvgIpc) is 2.44. The molecule has 0 amide bonds. The number of nitrogen functional groups attached to an aromatic ring is 1. The fourth-order valence-electron chi connectivity index (χ4n) is 1.67. The molecular weight excluding hydrogens is 327 g/mol. The lowest BCUT2D eigenvalue weighted by atomic mass is 10.1. The van der Waals surface area contributed by atoms with Gasteiger partial charge < -0.3 is 15.8 Å². The zero-order valence-electron chi connectivity index (χ0n) is 10.6. The summed E-state index contributed by atoms with van der Waals surface area (Å²) in [6, 6.07) is 9.27. The molecule has 0 aliphatic heterocycles. The van der Waals surface area contributed by atoms with Gasteiger partial charge in [0.25, 0.3) is 0 Å². The summed E-state index contributed by atoms with van der Waals surface area (Å²) in [6.45, 7) is 0. The summed E-state index contributed by atoms with van der Waals surface area (Å²) in [6.07, 6.45) is 0. The molecule has 0 fully saturated rings. The number of hydrogen-bond acceptors (Lipinski definition) is 4. The predicted molar refractivity (Wildman–Crippen MR) is 79.6 cm³/mol. The Hall–Kier alpha value is -2.08. The number of hydrogen-bond donors (Lipinski definition) is 2. The van der Waals surface area contributed by atoms with Crippen molar-refractivity contribution in [1.82, 2.24) is 0 Å². The third-order valence-corrected chi connectivity index (χ3v) is 3.16. The fourth-order valence-corrected chi connectivity index (χ4v) is 2.03. The molecular formula is C14H12BrFN2O2. The summed E-state index contributed by atoms with van der Waals surface area (Å²) in [7, 11) is 1.27. The van der Waals surface area contributed by atoms with Crippen molar-refractivity contribution in [1.29, 1.82) is 0 Å². The minimum atomic E-state index is -0.541. The molecule has 20 heavy (non-hydrogen) atoms. The smallest absolute Gasteiger partial charge is 0.340 e. The zero-order valence-corrected chi connectivity index (χ0v) is 12.2. The molecule has 0 aromatic heterocycles. The zero-order chi connectivity index (χ0) is 14.7. The van der Waals surface area contributed by atoms with E-state index in [2.05, 4.69) is 26.0 Å². The Morgan fingerprint density at radius 2 is 2.05 bits per heavy atom. The number of nitrogens with two attached hydrogens (primary N) is 1. The van der Waals surface area contributed by atoms with Crippen LogP contribution in [0, 0.1) is 5.82 Å². The van der Waals surface area contributed by atoms with Crippen molar-refractivity contribution in [2.45, 2.75) is 0 Å². The molecule has 0 atom stereocenters. The first kappa shape index (κ1) is 14.3. The molecule has 104 valence electrons. The summed E-state index contributed by atoms with van der Waals surface area (Å²) in [5.74, 6) is -0.939. The van der Waals surface area contributed by atoms with Crippen LogP contribution >= 0.6 is 15.9 Å². The lowest BCUT2D eigenvalue weighted by molar-refractivity contribution is 0.0602. The molecule has 0 heterocycles. The molecule has 0 radical (unpaired) electrons. The van der Waals surface area contributed by atoms with Crippen LogP contribution in [0.4, 0.5) is 21.5 Å². The van der Waals surface area contributed by atoms with Gasteiger partial charge in [-0.05, 0) is 36.4 Å². The first-order valence-corrected chi connectivity index (χ1v) is 6.50. The molecule has 6 heteroatoms. The molecule has 0 saturated carbocycles. The Morgan fingerprint density at radius 1 is 1.30 bits per heavy atom. The largest absolute Gasteiger partial charge is 0.465 e. The van der Waals surface area contributed by atoms with Crippen LogP contribution in [0.3, 0.4) is 0 Å². The van der Waals surface area contributed by atoms with Gasteiger partial charge >= 0.3 is 5.97 Å². The van der Waals surface area contributed by atoms with Crippen molar-refractivity contribution in [3.63, 3.8) is 0 Å². The van der Waals surface area contributed by atoms with E-state index in [1.54, 1.807) is 24.3 Å². The van der Waals surface area contributed by atoms with Gasteiger partial charge in [-0.25, -0.2) is 9.18 Å². The van der Waals surface area contributed by atoms with Gasteiger partial charge in [0.1, 0.15) is 5.82 Å². The highest BCUT2D eigenvalue weighted by Crippen LogP contribution is 2.26. The molecule has 2 aromatic rings. The Bertz CT molecular complexity index is 662. The topological polar surface area (TPSA) is 64.3 Å². The number of ether oxygens (including phenoxy) is 1. The van der Waals surface area contributed by atoms with Crippen LogP contribution in [0.1, 0.15) is 10.4 Å². The maximum Gasteiger partial charge on any atom is 0.340 e. The van der Waals surface area contributed by atoms with Crippen LogP contribution in [0.5, 0.6) is 0 Å². The minimum absolute atomic E-state index is 0.230. The van der Waals surface area contributed by atoms with E-state index in [1.165, 1.54) is 19.2 Å². The fraction of sp³-hybridized carbons (Fsp3) is 0.0714. The van der Waals surface area contributed by atoms with Crippen LogP contribution in [0.15, 0.2) is 40.9 Å². The molecule has 0 unspecified atom stereocenters. The molecule has 3 N–H and O–H groups in total. The SMILES string of the molecule is COC(=O)c1cc(Nc2cc(Br)ccc2F)ccc1N. The van der Waals surface area contributed by atoms with Crippen LogP contribution in [-0.4, -0.2) is 13.1 Å². The maximum atomic E-state index is 13.7. The number of benzene rings is 2. The number of anilines is 3. The van der Waals surface area contributed by atoms with Gasteiger partial charge in [0, 0.05) is 15.8 Å². The van der Waals surface area contributed by atoms with Crippen LogP contribution in [-0.2, 0) is 4.74 Å². The van der Waals surface area contributed by atoms with E-state index in [9.17, 15) is 9.18 Å². The van der Waals surface area contributed by atoms with Crippen molar-refractivity contribution in [2.24, 2.45) is 0 Å². The second kappa shape index (κ2) is 5.92. The van der Waals surface area contributed by atoms with Gasteiger partial charge in [-0.2, -0.15) is 0 Å². The van der Waals surface area contributed by atoms with Gasteiger partial charge in [-0.3, -0.25) is 0 Å². The lowest BCUT2D eigenvalue weighted by Crippen LogP contribution is -2.06. The first-order chi connectivity index (χ1) is 9.51. The summed E-state index contributed by atoms with van der Waals surface area (Å²) in [4.78, 5) is 11.5. The van der Waals surface area contributed by atoms with Gasteiger partial charge in [-0.1, -0.05) is 15.9 Å². The summed E-state index contributed by atoms with van der Waals surface area (Å²) in [5, 5.41) is 2.89. The van der Waals surface area contributed by atoms with E-state index < -0.39 is 11.8 Å². The number of esters is 1. The van der Waals surface area contributed by atoms with Crippen molar-refractivity contribution in [2.75, 3.05) is 18.2 Å². The number of carbonyl (C=O) groups excluding carboxylic acids is 1. The Labute approximate surface area is 123 Å². The van der Waals surface area contributed by atoms with E-state index in [1.807, 2.05) is 0 Å². The highest BCUT2D eigenvalue weighted by molar-refractivity contribution is 9.10. The minimum Gasteiger partial charge on any atom is -0.465 e. The molecule has 2 aromatic carbocycles. The second-order valence-electron chi connectivity index (χ2n) is 4.04. The number of methoxy groups -OCH3 is 1. The normalized spacial score (nSPS) is 10.2. The van der Waals surface area contributed by atoms with E-state index >= 15 is 0 Å². The third kappa shape index (κ3) is 3.08. The van der Waals surface area contributed by atoms with E-state index in [-0.39, 0.29) is 5.56 Å². The van der Waals surface area contributed by atoms with Crippen LogP contribution < -0.4 is 11.1 Å². The third-order valence-electron chi connectivity index (χ3n) is 2.67. The standard InChI is InChI=1S/C14H12BrFN2O2/c1-20-14(19)10-7-9(3-5-12(10)17)18-13-6-8(15)2-4-11(13)16/h2-7,18H,17H2,1H3. The van der Waals surface area contributed by atoms with Gasteiger partial charge in [-0.15, -0.1) is 0 Å². The Kier molecular flexibility index (Phi) is 4.24. The molecule has 0 aliphatic rings. The second-order valence-corrected chi connectivity index (χ2v) is 4.96. The Morgan fingerprint density at radius 3 is 2.75 bits per heavy atom. The predicted octanol–water partition coefficient (Wildman–Crippen LogP) is 3.70. The first-order valence-electron chi connectivity index (χ1n) is 5.71. The van der Waals surface area contributed by atoms with Gasteiger partial charge in [0.2, 0.25) is 0 Å². The molecule has 0 bridgehead atoms. The van der Waals surface area contributed by atoms with Crippen molar-refractivity contribution < 1.29 is 13.9 Å². The van der Waals surface area contributed by atoms with E-state index in [0.29, 0.717) is 17.1 Å². The molecule has 0 aliphatic carbocycles. The molecule has 2 rings (SSSR count). The van der Waals surface area contributed by atoms with Crippen molar-refractivity contribution >= 4 is 39.0 Å². The maximum absolute atomic E-state index is 13.7. The quantitative estimate of drug-likeness (QED) is 0.661. The average molecular weight is 339 g/mol. The summed E-state index contributed by atoms with van der Waals surface area (Å²) < 4.78 is 19.0. The monoisotopic (exact) mass is 338 g/mol. The molecule has 4 nitrogen and oxygen atoms in total. The number of rotatable bonds is 3. The Balaban J connectivity index is 2.34. The van der Waals surface area contributed by atoms with Gasteiger partial charge in [0.15, 0.2) is 0 Å². The van der Waals surface area contributed by atoms with Crippen LogP contribution in [0.25, 0.3) is 0 Å². The van der Waals surface area contributed by atoms with E-state index in [0.717, 1.165) is 4.47 Å². The van der Waals surface area contributed by atoms with Gasteiger partial charge in [0.05, 0.1) is 18.4 Å². The van der Waals surface area contributed by atoms with Crippen molar-refractivity contribution in [3.05, 3.63) is 52.3 Å². The van der Waals surface area contributed by atoms with Crippen LogP contribution in [0.2, 0.25) is 0 Å². The number of nitrogens with one attached hydrogen (secondary N) is 1. The van der Waals surface area contributed by atoms with Crippen molar-refractivity contribution in [3.8, 4) is 0 Å². The molecule has 0 saturated heterocycles. The lowest BCUT2D eigenvalue weighted by Gasteiger charge is -2.10. The van der Waals surface area contributed by atoms with E-state index in [4.69, 9.17) is 5.73 Å².